The Morgan fingerprint density at radius 3 is 1.32 bits per heavy atom. The van der Waals surface area contributed by atoms with Crippen molar-refractivity contribution in [3.8, 4) is 44.5 Å². The average molecular weight is 523 g/mol. The zero-order valence-corrected chi connectivity index (χ0v) is 22.4. The molecule has 8 rings (SSSR count). The van der Waals surface area contributed by atoms with E-state index in [2.05, 4.69) is 152 Å². The van der Waals surface area contributed by atoms with Gasteiger partial charge in [0.05, 0.1) is 6.26 Å². The van der Waals surface area contributed by atoms with E-state index in [9.17, 15) is 0 Å². The van der Waals surface area contributed by atoms with Gasteiger partial charge in [-0.1, -0.05) is 140 Å². The number of fused-ring (bicyclic) bond motifs is 3. The van der Waals surface area contributed by atoms with E-state index in [0.29, 0.717) is 0 Å². The molecule has 0 fully saturated rings. The van der Waals surface area contributed by atoms with Crippen molar-refractivity contribution in [2.24, 2.45) is 0 Å². The molecule has 0 saturated carbocycles. The largest absolute Gasteiger partial charge is 0.464 e. The number of benzene rings is 7. The molecule has 0 amide bonds. The highest BCUT2D eigenvalue weighted by Crippen LogP contribution is 2.44. The SMILES string of the molecule is c1ccc(-c2ccc3occ(-c4ccc(-c5c6ccccc6c(-c6ccccc6)c6ccccc56)cc4)c3c2)cc1. The van der Waals surface area contributed by atoms with E-state index in [-0.39, 0.29) is 0 Å². The second kappa shape index (κ2) is 9.66. The van der Waals surface area contributed by atoms with Crippen molar-refractivity contribution >= 4 is 32.5 Å². The fourth-order valence-corrected chi connectivity index (χ4v) is 6.23. The van der Waals surface area contributed by atoms with Gasteiger partial charge in [0.2, 0.25) is 0 Å². The molecule has 41 heavy (non-hydrogen) atoms. The van der Waals surface area contributed by atoms with Crippen molar-refractivity contribution in [1.29, 1.82) is 0 Å². The molecule has 192 valence electrons. The van der Waals surface area contributed by atoms with E-state index in [4.69, 9.17) is 4.42 Å². The minimum absolute atomic E-state index is 0.900. The Morgan fingerprint density at radius 1 is 0.317 bits per heavy atom. The molecule has 0 aliphatic carbocycles. The normalized spacial score (nSPS) is 11.4. The van der Waals surface area contributed by atoms with Gasteiger partial charge in [0.25, 0.3) is 0 Å². The van der Waals surface area contributed by atoms with Crippen LogP contribution in [0.2, 0.25) is 0 Å². The maximum atomic E-state index is 5.98. The average Bonchev–Trinajstić information content (AvgIpc) is 3.48. The van der Waals surface area contributed by atoms with Gasteiger partial charge in [-0.05, 0) is 72.6 Å². The van der Waals surface area contributed by atoms with Gasteiger partial charge < -0.3 is 4.42 Å². The third-order valence-corrected chi connectivity index (χ3v) is 8.16. The zero-order chi connectivity index (χ0) is 27.2. The monoisotopic (exact) mass is 522 g/mol. The van der Waals surface area contributed by atoms with Gasteiger partial charge in [0.15, 0.2) is 0 Å². The fourth-order valence-electron chi connectivity index (χ4n) is 6.23. The first-order chi connectivity index (χ1) is 20.3. The minimum Gasteiger partial charge on any atom is -0.464 e. The summed E-state index contributed by atoms with van der Waals surface area (Å²) in [5.74, 6) is 0. The van der Waals surface area contributed by atoms with Crippen LogP contribution in [0.25, 0.3) is 77.0 Å². The topological polar surface area (TPSA) is 13.1 Å². The highest BCUT2D eigenvalue weighted by atomic mass is 16.3. The van der Waals surface area contributed by atoms with Gasteiger partial charge in [0, 0.05) is 10.9 Å². The molecule has 0 bridgehead atoms. The van der Waals surface area contributed by atoms with Crippen LogP contribution in [0.3, 0.4) is 0 Å². The lowest BCUT2D eigenvalue weighted by atomic mass is 9.86. The Labute approximate surface area is 238 Å². The summed E-state index contributed by atoms with van der Waals surface area (Å²) >= 11 is 0. The summed E-state index contributed by atoms with van der Waals surface area (Å²) in [5.41, 5.74) is 10.6. The maximum absolute atomic E-state index is 5.98. The van der Waals surface area contributed by atoms with Crippen LogP contribution in [-0.2, 0) is 0 Å². The van der Waals surface area contributed by atoms with Gasteiger partial charge in [-0.3, -0.25) is 0 Å². The predicted molar refractivity (Wildman–Crippen MR) is 173 cm³/mol. The van der Waals surface area contributed by atoms with Crippen LogP contribution in [0.1, 0.15) is 0 Å². The molecule has 0 saturated heterocycles. The number of furan rings is 1. The smallest absolute Gasteiger partial charge is 0.134 e. The van der Waals surface area contributed by atoms with Crippen molar-refractivity contribution in [1.82, 2.24) is 0 Å². The van der Waals surface area contributed by atoms with Gasteiger partial charge in [0.1, 0.15) is 5.58 Å². The Hall–Kier alpha value is -5.40. The molecule has 1 heteroatoms. The van der Waals surface area contributed by atoms with Crippen LogP contribution in [0, 0.1) is 0 Å². The van der Waals surface area contributed by atoms with E-state index < -0.39 is 0 Å². The molecule has 1 aromatic heterocycles. The molecular formula is C40H26O. The van der Waals surface area contributed by atoms with Gasteiger partial charge in [-0.15, -0.1) is 0 Å². The van der Waals surface area contributed by atoms with E-state index in [1.54, 1.807) is 0 Å². The van der Waals surface area contributed by atoms with Gasteiger partial charge >= 0.3 is 0 Å². The summed E-state index contributed by atoms with van der Waals surface area (Å²) in [5, 5.41) is 6.19. The molecule has 0 aliphatic heterocycles. The van der Waals surface area contributed by atoms with Crippen molar-refractivity contribution in [2.45, 2.75) is 0 Å². The summed E-state index contributed by atoms with van der Waals surface area (Å²) in [6, 6.07) is 54.2. The van der Waals surface area contributed by atoms with Crippen molar-refractivity contribution in [3.63, 3.8) is 0 Å². The molecule has 0 aliphatic rings. The molecule has 0 spiro atoms. The molecule has 8 aromatic rings. The number of rotatable bonds is 4. The van der Waals surface area contributed by atoms with Crippen LogP contribution in [0.4, 0.5) is 0 Å². The quantitative estimate of drug-likeness (QED) is 0.210. The molecule has 0 radical (unpaired) electrons. The lowest BCUT2D eigenvalue weighted by Gasteiger charge is -2.17. The van der Waals surface area contributed by atoms with E-state index in [1.165, 1.54) is 54.9 Å². The van der Waals surface area contributed by atoms with Crippen molar-refractivity contribution < 1.29 is 4.42 Å². The Balaban J connectivity index is 1.29. The number of hydrogen-bond donors (Lipinski definition) is 0. The standard InChI is InChI=1S/C40H26O/c1-3-11-27(12-4-1)31-23-24-38-36(25-31)37(26-41-38)28-19-21-30(22-20-28)40-34-17-9-7-15-32(34)39(29-13-5-2-6-14-29)33-16-8-10-18-35(33)40/h1-26H. The van der Waals surface area contributed by atoms with E-state index >= 15 is 0 Å². The minimum atomic E-state index is 0.900. The molecule has 1 nitrogen and oxygen atoms in total. The Morgan fingerprint density at radius 2 is 0.756 bits per heavy atom. The summed E-state index contributed by atoms with van der Waals surface area (Å²) in [6.07, 6.45) is 1.88. The molecule has 0 N–H and O–H groups in total. The first-order valence-electron chi connectivity index (χ1n) is 14.0. The molecule has 1 heterocycles. The van der Waals surface area contributed by atoms with Crippen LogP contribution in [0.5, 0.6) is 0 Å². The Kier molecular flexibility index (Phi) is 5.53. The fraction of sp³-hybridized carbons (Fsp3) is 0. The first kappa shape index (κ1) is 23.5. The molecule has 0 atom stereocenters. The van der Waals surface area contributed by atoms with E-state index in [1.807, 2.05) is 6.26 Å². The lowest BCUT2D eigenvalue weighted by molar-refractivity contribution is 0.617. The van der Waals surface area contributed by atoms with Gasteiger partial charge in [-0.2, -0.15) is 0 Å². The molecule has 7 aromatic carbocycles. The number of hydrogen-bond acceptors (Lipinski definition) is 1. The molecule has 0 unspecified atom stereocenters. The van der Waals surface area contributed by atoms with Crippen LogP contribution in [-0.4, -0.2) is 0 Å². The molecular weight excluding hydrogens is 496 g/mol. The third-order valence-electron chi connectivity index (χ3n) is 8.16. The highest BCUT2D eigenvalue weighted by Gasteiger charge is 2.17. The predicted octanol–water partition coefficient (Wildman–Crippen LogP) is 11.4. The zero-order valence-electron chi connectivity index (χ0n) is 22.4. The second-order valence-corrected chi connectivity index (χ2v) is 10.5. The summed E-state index contributed by atoms with van der Waals surface area (Å²) in [4.78, 5) is 0. The van der Waals surface area contributed by atoms with Crippen molar-refractivity contribution in [2.75, 3.05) is 0 Å². The van der Waals surface area contributed by atoms with Crippen LogP contribution >= 0.6 is 0 Å². The van der Waals surface area contributed by atoms with Crippen LogP contribution in [0.15, 0.2) is 162 Å². The van der Waals surface area contributed by atoms with Crippen LogP contribution < -0.4 is 0 Å². The summed E-state index contributed by atoms with van der Waals surface area (Å²) in [6.45, 7) is 0. The lowest BCUT2D eigenvalue weighted by Crippen LogP contribution is -1.90. The summed E-state index contributed by atoms with van der Waals surface area (Å²) < 4.78 is 5.98. The van der Waals surface area contributed by atoms with Crippen molar-refractivity contribution in [3.05, 3.63) is 158 Å². The summed E-state index contributed by atoms with van der Waals surface area (Å²) in [7, 11) is 0. The third kappa shape index (κ3) is 3.94. The Bertz CT molecular complexity index is 2110. The van der Waals surface area contributed by atoms with E-state index in [0.717, 1.165) is 22.1 Å². The van der Waals surface area contributed by atoms with Gasteiger partial charge in [-0.25, -0.2) is 0 Å². The maximum Gasteiger partial charge on any atom is 0.134 e. The highest BCUT2D eigenvalue weighted by molar-refractivity contribution is 6.21. The second-order valence-electron chi connectivity index (χ2n) is 10.5. The first-order valence-corrected chi connectivity index (χ1v) is 14.0.